The number of anilines is 1. The average molecular weight is 266 g/mol. The van der Waals surface area contributed by atoms with Crippen LogP contribution in [-0.4, -0.2) is 15.1 Å². The lowest BCUT2D eigenvalue weighted by Crippen LogP contribution is -1.91. The van der Waals surface area contributed by atoms with Gasteiger partial charge in [0, 0.05) is 23.6 Å². The van der Waals surface area contributed by atoms with Crippen LogP contribution in [0.25, 0.3) is 22.8 Å². The van der Waals surface area contributed by atoms with Crippen molar-refractivity contribution in [3.63, 3.8) is 0 Å². The van der Waals surface area contributed by atoms with E-state index in [9.17, 15) is 0 Å². The molecule has 0 aliphatic rings. The van der Waals surface area contributed by atoms with Crippen LogP contribution < -0.4 is 5.73 Å². The molecule has 100 valence electrons. The van der Waals surface area contributed by atoms with E-state index in [1.54, 1.807) is 12.4 Å². The highest BCUT2D eigenvalue weighted by Crippen LogP contribution is 2.28. The van der Waals surface area contributed by atoms with E-state index in [1.807, 2.05) is 38.1 Å². The van der Waals surface area contributed by atoms with E-state index in [2.05, 4.69) is 15.1 Å². The number of benzene rings is 1. The van der Waals surface area contributed by atoms with Gasteiger partial charge in [0.05, 0.1) is 5.56 Å². The number of pyridine rings is 1. The summed E-state index contributed by atoms with van der Waals surface area (Å²) in [6.45, 7) is 3.97. The lowest BCUT2D eigenvalue weighted by atomic mass is 10.1. The van der Waals surface area contributed by atoms with Gasteiger partial charge in [0.1, 0.15) is 0 Å². The predicted molar refractivity (Wildman–Crippen MR) is 76.9 cm³/mol. The first-order valence-electron chi connectivity index (χ1n) is 6.26. The molecule has 0 amide bonds. The highest BCUT2D eigenvalue weighted by Gasteiger charge is 2.14. The third-order valence-electron chi connectivity index (χ3n) is 3.15. The maximum absolute atomic E-state index is 5.96. The molecule has 0 unspecified atom stereocenters. The van der Waals surface area contributed by atoms with E-state index in [4.69, 9.17) is 10.3 Å². The molecule has 0 bridgehead atoms. The summed E-state index contributed by atoms with van der Waals surface area (Å²) in [7, 11) is 0. The number of nitrogen functional groups attached to an aromatic ring is 1. The van der Waals surface area contributed by atoms with Crippen LogP contribution in [0.1, 0.15) is 11.1 Å². The molecule has 2 N–H and O–H groups in total. The van der Waals surface area contributed by atoms with Gasteiger partial charge in [0.15, 0.2) is 0 Å². The third-order valence-corrected chi connectivity index (χ3v) is 3.15. The van der Waals surface area contributed by atoms with Crippen LogP contribution in [-0.2, 0) is 0 Å². The van der Waals surface area contributed by atoms with Crippen LogP contribution in [0.3, 0.4) is 0 Å². The van der Waals surface area contributed by atoms with Crippen molar-refractivity contribution >= 4 is 5.69 Å². The van der Waals surface area contributed by atoms with E-state index in [0.29, 0.717) is 17.4 Å². The number of nitrogens with two attached hydrogens (primary N) is 1. The summed E-state index contributed by atoms with van der Waals surface area (Å²) in [5.41, 5.74) is 10.3. The normalized spacial score (nSPS) is 10.7. The minimum absolute atomic E-state index is 0.421. The van der Waals surface area contributed by atoms with Crippen LogP contribution in [0.15, 0.2) is 41.2 Å². The molecular formula is C15H14N4O. The molecule has 2 heterocycles. The monoisotopic (exact) mass is 266 g/mol. The Labute approximate surface area is 116 Å². The molecule has 3 rings (SSSR count). The Bertz CT molecular complexity index is 764. The van der Waals surface area contributed by atoms with Gasteiger partial charge < -0.3 is 10.3 Å². The molecule has 2 aromatic heterocycles. The molecule has 0 aliphatic heterocycles. The fraction of sp³-hybridized carbons (Fsp3) is 0.133. The molecular weight excluding hydrogens is 252 g/mol. The van der Waals surface area contributed by atoms with E-state index < -0.39 is 0 Å². The first-order chi connectivity index (χ1) is 9.65. The van der Waals surface area contributed by atoms with E-state index in [0.717, 1.165) is 22.3 Å². The fourth-order valence-corrected chi connectivity index (χ4v) is 2.00. The second kappa shape index (κ2) is 4.77. The number of aromatic nitrogens is 3. The lowest BCUT2D eigenvalue weighted by molar-refractivity contribution is 0.432. The maximum Gasteiger partial charge on any atom is 0.260 e. The third kappa shape index (κ3) is 2.14. The highest BCUT2D eigenvalue weighted by atomic mass is 16.5. The molecule has 1 aromatic carbocycles. The average Bonchev–Trinajstić information content (AvgIpc) is 2.91. The Balaban J connectivity index is 2.07. The van der Waals surface area contributed by atoms with Crippen LogP contribution in [0.5, 0.6) is 0 Å². The fourth-order valence-electron chi connectivity index (χ4n) is 2.00. The van der Waals surface area contributed by atoms with E-state index >= 15 is 0 Å². The van der Waals surface area contributed by atoms with Crippen molar-refractivity contribution in [3.8, 4) is 22.8 Å². The van der Waals surface area contributed by atoms with Gasteiger partial charge in [-0.25, -0.2) is 0 Å². The van der Waals surface area contributed by atoms with Gasteiger partial charge in [-0.05, 0) is 37.6 Å². The molecule has 5 heteroatoms. The molecule has 5 nitrogen and oxygen atoms in total. The zero-order valence-corrected chi connectivity index (χ0v) is 11.3. The smallest absolute Gasteiger partial charge is 0.260 e. The van der Waals surface area contributed by atoms with Crippen molar-refractivity contribution in [1.29, 1.82) is 0 Å². The summed E-state index contributed by atoms with van der Waals surface area (Å²) in [5.74, 6) is 0.941. The quantitative estimate of drug-likeness (QED) is 0.721. The molecule has 0 spiro atoms. The van der Waals surface area contributed by atoms with Gasteiger partial charge in [-0.3, -0.25) is 4.98 Å². The number of hydrogen-bond acceptors (Lipinski definition) is 5. The molecule has 20 heavy (non-hydrogen) atoms. The maximum atomic E-state index is 5.96. The van der Waals surface area contributed by atoms with Gasteiger partial charge in [-0.15, -0.1) is 0 Å². The van der Waals surface area contributed by atoms with Crippen LogP contribution in [0.4, 0.5) is 5.69 Å². The molecule has 0 radical (unpaired) electrons. The van der Waals surface area contributed by atoms with Crippen molar-refractivity contribution in [2.24, 2.45) is 0 Å². The summed E-state index contributed by atoms with van der Waals surface area (Å²) in [6.07, 6.45) is 3.46. The SMILES string of the molecule is Cc1ccc(N)c(-c2nc(-c3cnccc3C)no2)c1. The molecule has 0 atom stereocenters. The largest absolute Gasteiger partial charge is 0.398 e. The summed E-state index contributed by atoms with van der Waals surface area (Å²) in [5, 5.41) is 4.01. The second-order valence-electron chi connectivity index (χ2n) is 4.70. The van der Waals surface area contributed by atoms with Gasteiger partial charge in [0.25, 0.3) is 5.89 Å². The Morgan fingerprint density at radius 1 is 1.10 bits per heavy atom. The van der Waals surface area contributed by atoms with Gasteiger partial charge in [-0.1, -0.05) is 16.8 Å². The van der Waals surface area contributed by atoms with Gasteiger partial charge in [0.2, 0.25) is 5.82 Å². The first kappa shape index (κ1) is 12.3. The van der Waals surface area contributed by atoms with Gasteiger partial charge in [-0.2, -0.15) is 4.98 Å². The van der Waals surface area contributed by atoms with Crippen molar-refractivity contribution in [3.05, 3.63) is 47.8 Å². The van der Waals surface area contributed by atoms with Crippen molar-refractivity contribution < 1.29 is 4.52 Å². The minimum atomic E-state index is 0.421. The zero-order valence-electron chi connectivity index (χ0n) is 11.3. The number of hydrogen-bond donors (Lipinski definition) is 1. The standard InChI is InChI=1S/C15H14N4O/c1-9-3-4-13(16)11(7-9)15-18-14(19-20-15)12-8-17-6-5-10(12)2/h3-8H,16H2,1-2H3. The van der Waals surface area contributed by atoms with Crippen molar-refractivity contribution in [2.75, 3.05) is 5.73 Å². The predicted octanol–water partition coefficient (Wildman–Crippen LogP) is 3.00. The molecule has 0 fully saturated rings. The summed E-state index contributed by atoms with van der Waals surface area (Å²) < 4.78 is 5.33. The second-order valence-corrected chi connectivity index (χ2v) is 4.70. The summed E-state index contributed by atoms with van der Waals surface area (Å²) >= 11 is 0. The van der Waals surface area contributed by atoms with Crippen molar-refractivity contribution in [2.45, 2.75) is 13.8 Å². The number of rotatable bonds is 2. The summed E-state index contributed by atoms with van der Waals surface area (Å²) in [4.78, 5) is 8.50. The highest BCUT2D eigenvalue weighted by molar-refractivity contribution is 5.72. The minimum Gasteiger partial charge on any atom is -0.398 e. The van der Waals surface area contributed by atoms with Crippen LogP contribution >= 0.6 is 0 Å². The number of nitrogens with zero attached hydrogens (tertiary/aromatic N) is 3. The Hall–Kier alpha value is -2.69. The topological polar surface area (TPSA) is 77.8 Å². The molecule has 0 saturated heterocycles. The van der Waals surface area contributed by atoms with Crippen molar-refractivity contribution in [1.82, 2.24) is 15.1 Å². The first-order valence-corrected chi connectivity index (χ1v) is 6.26. The Morgan fingerprint density at radius 2 is 1.95 bits per heavy atom. The lowest BCUT2D eigenvalue weighted by Gasteiger charge is -2.01. The van der Waals surface area contributed by atoms with Gasteiger partial charge >= 0.3 is 0 Å². The molecule has 0 aliphatic carbocycles. The Morgan fingerprint density at radius 3 is 2.75 bits per heavy atom. The van der Waals surface area contributed by atoms with E-state index in [1.165, 1.54) is 0 Å². The molecule has 3 aromatic rings. The van der Waals surface area contributed by atoms with E-state index in [-0.39, 0.29) is 0 Å². The summed E-state index contributed by atoms with van der Waals surface area (Å²) in [6, 6.07) is 7.63. The molecule has 0 saturated carbocycles. The number of aryl methyl sites for hydroxylation is 2. The van der Waals surface area contributed by atoms with Crippen LogP contribution in [0.2, 0.25) is 0 Å². The van der Waals surface area contributed by atoms with Crippen LogP contribution in [0, 0.1) is 13.8 Å². The zero-order chi connectivity index (χ0) is 14.1. The Kier molecular flexibility index (Phi) is 2.95.